The second-order valence-electron chi connectivity index (χ2n) is 7.04. The maximum absolute atomic E-state index is 11.9. The molecule has 0 unspecified atom stereocenters. The first-order chi connectivity index (χ1) is 15.4. The van der Waals surface area contributed by atoms with Crippen molar-refractivity contribution in [3.8, 4) is 11.5 Å². The number of ether oxygens (including phenoxy) is 3. The number of carbonyl (C=O) groups is 2. The van der Waals surface area contributed by atoms with Gasteiger partial charge < -0.3 is 19.5 Å². The molecule has 32 heavy (non-hydrogen) atoms. The van der Waals surface area contributed by atoms with Crippen molar-refractivity contribution in [1.29, 1.82) is 0 Å². The van der Waals surface area contributed by atoms with E-state index in [0.717, 1.165) is 28.3 Å². The van der Waals surface area contributed by atoms with Crippen molar-refractivity contribution in [2.24, 2.45) is 0 Å². The predicted molar refractivity (Wildman–Crippen MR) is 125 cm³/mol. The van der Waals surface area contributed by atoms with Crippen LogP contribution >= 0.6 is 0 Å². The minimum Gasteiger partial charge on any atom is -0.497 e. The van der Waals surface area contributed by atoms with Crippen molar-refractivity contribution >= 4 is 17.6 Å². The van der Waals surface area contributed by atoms with Crippen LogP contribution in [0, 0.1) is 6.92 Å². The lowest BCUT2D eigenvalue weighted by Crippen LogP contribution is -2.14. The van der Waals surface area contributed by atoms with E-state index >= 15 is 0 Å². The van der Waals surface area contributed by atoms with E-state index in [2.05, 4.69) is 10.1 Å². The summed E-state index contributed by atoms with van der Waals surface area (Å²) in [6.45, 7) is 2.02. The van der Waals surface area contributed by atoms with Crippen molar-refractivity contribution in [2.45, 2.75) is 19.8 Å². The lowest BCUT2D eigenvalue weighted by Gasteiger charge is -2.06. The highest BCUT2D eigenvalue weighted by Crippen LogP contribution is 2.14. The number of aryl methyl sites for hydroxylation is 1. The molecule has 0 aliphatic heterocycles. The average Bonchev–Trinajstić information content (AvgIpc) is 2.82. The number of rotatable bonds is 7. The molecule has 3 rings (SSSR count). The Morgan fingerprint density at radius 3 is 1.59 bits per heavy atom. The maximum Gasteiger partial charge on any atom is 0.309 e. The van der Waals surface area contributed by atoms with Crippen LogP contribution in [0.2, 0.25) is 0 Å². The molecule has 3 aromatic carbocycles. The van der Waals surface area contributed by atoms with E-state index in [1.807, 2.05) is 79.7 Å². The van der Waals surface area contributed by atoms with Crippen LogP contribution in [0.25, 0.3) is 0 Å². The Labute approximate surface area is 189 Å². The van der Waals surface area contributed by atoms with Crippen LogP contribution in [-0.2, 0) is 27.2 Å². The Bertz CT molecular complexity index is 980. The second kappa shape index (κ2) is 12.8. The van der Waals surface area contributed by atoms with Crippen LogP contribution in [0.15, 0.2) is 72.8 Å². The van der Waals surface area contributed by atoms with Crippen molar-refractivity contribution in [3.63, 3.8) is 0 Å². The first kappa shape index (κ1) is 24.5. The fourth-order valence-corrected chi connectivity index (χ4v) is 2.75. The lowest BCUT2D eigenvalue weighted by molar-refractivity contribution is -0.139. The van der Waals surface area contributed by atoms with E-state index in [0.29, 0.717) is 12.8 Å². The molecule has 6 nitrogen and oxygen atoms in total. The van der Waals surface area contributed by atoms with Crippen LogP contribution in [0.3, 0.4) is 0 Å². The van der Waals surface area contributed by atoms with Crippen LogP contribution < -0.4 is 14.8 Å². The zero-order valence-corrected chi connectivity index (χ0v) is 18.9. The molecule has 0 aliphatic rings. The number of amides is 1. The van der Waals surface area contributed by atoms with E-state index < -0.39 is 0 Å². The van der Waals surface area contributed by atoms with Gasteiger partial charge in [-0.2, -0.15) is 0 Å². The molecule has 0 spiro atoms. The van der Waals surface area contributed by atoms with E-state index in [9.17, 15) is 9.59 Å². The third kappa shape index (κ3) is 8.52. The number of anilines is 1. The molecule has 0 radical (unpaired) electrons. The van der Waals surface area contributed by atoms with Gasteiger partial charge in [0.25, 0.3) is 0 Å². The van der Waals surface area contributed by atoms with Gasteiger partial charge in [-0.05, 0) is 54.4 Å². The largest absolute Gasteiger partial charge is 0.497 e. The molecule has 1 N–H and O–H groups in total. The Kier molecular flexibility index (Phi) is 9.78. The van der Waals surface area contributed by atoms with Gasteiger partial charge in [0.15, 0.2) is 0 Å². The first-order valence-electron chi connectivity index (χ1n) is 10.1. The summed E-state index contributed by atoms with van der Waals surface area (Å²) < 4.78 is 14.6. The van der Waals surface area contributed by atoms with Gasteiger partial charge in [0.05, 0.1) is 34.2 Å². The van der Waals surface area contributed by atoms with Crippen LogP contribution in [0.4, 0.5) is 5.69 Å². The molecule has 168 valence electrons. The Morgan fingerprint density at radius 1 is 0.688 bits per heavy atom. The van der Waals surface area contributed by atoms with Gasteiger partial charge in [-0.3, -0.25) is 9.59 Å². The summed E-state index contributed by atoms with van der Waals surface area (Å²) in [6.07, 6.45) is 0.665. The normalized spacial score (nSPS) is 9.75. The summed E-state index contributed by atoms with van der Waals surface area (Å²) in [5, 5.41) is 2.88. The average molecular weight is 436 g/mol. The van der Waals surface area contributed by atoms with Crippen molar-refractivity contribution in [1.82, 2.24) is 0 Å². The topological polar surface area (TPSA) is 73.9 Å². The first-order valence-corrected chi connectivity index (χ1v) is 10.1. The van der Waals surface area contributed by atoms with E-state index in [1.165, 1.54) is 12.7 Å². The molecule has 0 bridgehead atoms. The van der Waals surface area contributed by atoms with Crippen molar-refractivity contribution in [2.75, 3.05) is 26.6 Å². The zero-order chi connectivity index (χ0) is 23.3. The number of hydrogen-bond donors (Lipinski definition) is 1. The summed E-state index contributed by atoms with van der Waals surface area (Å²) in [6, 6.07) is 22.6. The zero-order valence-electron chi connectivity index (χ0n) is 18.9. The third-order valence-corrected chi connectivity index (χ3v) is 4.59. The highest BCUT2D eigenvalue weighted by molar-refractivity contribution is 5.92. The van der Waals surface area contributed by atoms with Gasteiger partial charge >= 0.3 is 5.97 Å². The van der Waals surface area contributed by atoms with Crippen LogP contribution in [-0.4, -0.2) is 33.2 Å². The maximum atomic E-state index is 11.9. The SMILES string of the molecule is COC(=O)Cc1ccc(OC)cc1.COc1ccc(CC(=O)Nc2ccc(C)cc2)cc1. The van der Waals surface area contributed by atoms with Gasteiger partial charge in [-0.15, -0.1) is 0 Å². The van der Waals surface area contributed by atoms with Crippen molar-refractivity contribution in [3.05, 3.63) is 89.5 Å². The molecule has 0 atom stereocenters. The highest BCUT2D eigenvalue weighted by atomic mass is 16.5. The smallest absolute Gasteiger partial charge is 0.309 e. The summed E-state index contributed by atoms with van der Waals surface area (Å²) in [4.78, 5) is 22.8. The van der Waals surface area contributed by atoms with Gasteiger partial charge in [-0.25, -0.2) is 0 Å². The number of hydrogen-bond acceptors (Lipinski definition) is 5. The number of methoxy groups -OCH3 is 3. The Balaban J connectivity index is 0.000000244. The van der Waals surface area contributed by atoms with Gasteiger partial charge in [0, 0.05) is 5.69 Å². The van der Waals surface area contributed by atoms with Gasteiger partial charge in [0.1, 0.15) is 11.5 Å². The third-order valence-electron chi connectivity index (χ3n) is 4.59. The fraction of sp³-hybridized carbons (Fsp3) is 0.231. The summed E-state index contributed by atoms with van der Waals surface area (Å²) in [7, 11) is 4.61. The molecule has 1 amide bonds. The Morgan fingerprint density at radius 2 is 1.16 bits per heavy atom. The predicted octanol–water partition coefficient (Wildman–Crippen LogP) is 4.60. The standard InChI is InChI=1S/C16H17NO2.C10H12O3/c1-12-3-7-14(8-4-12)17-16(18)11-13-5-9-15(19-2)10-6-13;1-12-9-5-3-8(4-6-9)7-10(11)13-2/h3-10H,11H2,1-2H3,(H,17,18);3-6H,7H2,1-2H3. The summed E-state index contributed by atoms with van der Waals surface area (Å²) in [5.74, 6) is 1.33. The van der Waals surface area contributed by atoms with E-state index in [1.54, 1.807) is 14.2 Å². The van der Waals surface area contributed by atoms with Gasteiger partial charge in [-0.1, -0.05) is 42.0 Å². The second-order valence-corrected chi connectivity index (χ2v) is 7.04. The minimum atomic E-state index is -0.231. The number of nitrogens with one attached hydrogen (secondary N) is 1. The number of esters is 1. The fourth-order valence-electron chi connectivity index (χ4n) is 2.75. The number of benzene rings is 3. The monoisotopic (exact) mass is 435 g/mol. The Hall–Kier alpha value is -3.80. The molecule has 0 saturated carbocycles. The highest BCUT2D eigenvalue weighted by Gasteiger charge is 2.04. The molecule has 6 heteroatoms. The summed E-state index contributed by atoms with van der Waals surface area (Å²) >= 11 is 0. The molecule has 0 aromatic heterocycles. The number of carbonyl (C=O) groups excluding carboxylic acids is 2. The van der Waals surface area contributed by atoms with Crippen molar-refractivity contribution < 1.29 is 23.8 Å². The molecular formula is C26H29NO5. The van der Waals surface area contributed by atoms with E-state index in [4.69, 9.17) is 9.47 Å². The lowest BCUT2D eigenvalue weighted by atomic mass is 10.1. The van der Waals surface area contributed by atoms with Gasteiger partial charge in [0.2, 0.25) is 5.91 Å². The molecular weight excluding hydrogens is 406 g/mol. The van der Waals surface area contributed by atoms with Crippen LogP contribution in [0.5, 0.6) is 11.5 Å². The van der Waals surface area contributed by atoms with E-state index in [-0.39, 0.29) is 11.9 Å². The molecule has 0 saturated heterocycles. The molecule has 0 aliphatic carbocycles. The molecule has 0 fully saturated rings. The summed E-state index contributed by atoms with van der Waals surface area (Å²) in [5.41, 5.74) is 3.88. The quantitative estimate of drug-likeness (QED) is 0.549. The van der Waals surface area contributed by atoms with Crippen LogP contribution in [0.1, 0.15) is 16.7 Å². The molecule has 0 heterocycles. The molecule has 3 aromatic rings. The minimum absolute atomic E-state index is 0.0194.